The Hall–Kier alpha value is -0.520. The van der Waals surface area contributed by atoms with Crippen molar-refractivity contribution in [1.29, 1.82) is 0 Å². The van der Waals surface area contributed by atoms with E-state index in [-0.39, 0.29) is 0 Å². The Kier molecular flexibility index (Phi) is 7.39. The number of hydrogen-bond donors (Lipinski definition) is 0. The molecule has 0 heteroatoms. The lowest BCUT2D eigenvalue weighted by atomic mass is 9.82. The van der Waals surface area contributed by atoms with E-state index in [2.05, 4.69) is 52.0 Å². The number of hydrogen-bond acceptors (Lipinski definition) is 0. The highest BCUT2D eigenvalue weighted by Gasteiger charge is 2.15. The fourth-order valence-electron chi connectivity index (χ4n) is 2.87. The molecular formula is C18H32. The van der Waals surface area contributed by atoms with E-state index >= 15 is 0 Å². The molecule has 0 aromatic rings. The van der Waals surface area contributed by atoms with Crippen molar-refractivity contribution in [1.82, 2.24) is 0 Å². The third-order valence-electron chi connectivity index (χ3n) is 4.37. The first-order valence-corrected chi connectivity index (χ1v) is 7.93. The predicted octanol–water partition coefficient (Wildman–Crippen LogP) is 6.00. The summed E-state index contributed by atoms with van der Waals surface area (Å²) in [4.78, 5) is 0. The minimum absolute atomic E-state index is 0.737. The molecule has 0 saturated heterocycles. The Labute approximate surface area is 115 Å². The highest BCUT2D eigenvalue weighted by molar-refractivity contribution is 4.94. The summed E-state index contributed by atoms with van der Waals surface area (Å²) >= 11 is 0. The molecule has 1 rings (SSSR count). The first-order valence-electron chi connectivity index (χ1n) is 7.93. The van der Waals surface area contributed by atoms with E-state index in [9.17, 15) is 0 Å². The molecule has 0 aliphatic heterocycles. The van der Waals surface area contributed by atoms with Crippen molar-refractivity contribution in [2.75, 3.05) is 0 Å². The summed E-state index contributed by atoms with van der Waals surface area (Å²) in [7, 11) is 0. The molecule has 0 radical (unpaired) electrons. The monoisotopic (exact) mass is 248 g/mol. The number of rotatable bonds is 6. The van der Waals surface area contributed by atoms with Gasteiger partial charge >= 0.3 is 0 Å². The molecule has 1 saturated carbocycles. The first-order chi connectivity index (χ1) is 8.61. The van der Waals surface area contributed by atoms with Gasteiger partial charge in [-0.15, -0.1) is 0 Å². The van der Waals surface area contributed by atoms with E-state index in [0.717, 1.165) is 23.7 Å². The van der Waals surface area contributed by atoms with Crippen LogP contribution in [0.15, 0.2) is 24.3 Å². The topological polar surface area (TPSA) is 0 Å². The van der Waals surface area contributed by atoms with Crippen LogP contribution in [0.3, 0.4) is 0 Å². The van der Waals surface area contributed by atoms with E-state index < -0.39 is 0 Å². The van der Waals surface area contributed by atoms with Gasteiger partial charge in [-0.25, -0.2) is 0 Å². The smallest absolute Gasteiger partial charge is 0.0233 e. The van der Waals surface area contributed by atoms with Crippen LogP contribution in [0.5, 0.6) is 0 Å². The van der Waals surface area contributed by atoms with Gasteiger partial charge in [-0.2, -0.15) is 0 Å². The lowest BCUT2D eigenvalue weighted by molar-refractivity contribution is 0.329. The van der Waals surface area contributed by atoms with E-state index in [1.165, 1.54) is 38.5 Å². The molecule has 2 unspecified atom stereocenters. The van der Waals surface area contributed by atoms with E-state index in [4.69, 9.17) is 0 Å². The maximum atomic E-state index is 2.51. The average molecular weight is 248 g/mol. The van der Waals surface area contributed by atoms with Crippen molar-refractivity contribution >= 4 is 0 Å². The van der Waals surface area contributed by atoms with Gasteiger partial charge in [-0.05, 0) is 56.3 Å². The van der Waals surface area contributed by atoms with Crippen LogP contribution in [0.25, 0.3) is 0 Å². The Morgan fingerprint density at radius 1 is 0.944 bits per heavy atom. The van der Waals surface area contributed by atoms with Crippen molar-refractivity contribution in [3.05, 3.63) is 24.3 Å². The predicted molar refractivity (Wildman–Crippen MR) is 82.6 cm³/mol. The summed E-state index contributed by atoms with van der Waals surface area (Å²) in [5.74, 6) is 3.32. The van der Waals surface area contributed by atoms with Gasteiger partial charge in [0.1, 0.15) is 0 Å². The van der Waals surface area contributed by atoms with Crippen LogP contribution in [0.2, 0.25) is 0 Å². The maximum absolute atomic E-state index is 2.51. The van der Waals surface area contributed by atoms with Crippen LogP contribution >= 0.6 is 0 Å². The summed E-state index contributed by atoms with van der Waals surface area (Å²) < 4.78 is 0. The fraction of sp³-hybridized carbons (Fsp3) is 0.778. The molecule has 0 aromatic heterocycles. The SMILES string of the molecule is CC=CC(C)CCC(C)/C=C/C1CCC(C)CC1. The van der Waals surface area contributed by atoms with Gasteiger partial charge in [-0.3, -0.25) is 0 Å². The van der Waals surface area contributed by atoms with Crippen LogP contribution in [0.1, 0.15) is 66.2 Å². The minimum atomic E-state index is 0.737. The summed E-state index contributed by atoms with van der Waals surface area (Å²) in [6, 6.07) is 0. The van der Waals surface area contributed by atoms with Gasteiger partial charge in [-0.1, -0.05) is 57.9 Å². The molecule has 0 amide bonds. The van der Waals surface area contributed by atoms with Crippen LogP contribution in [0, 0.1) is 23.7 Å². The fourth-order valence-corrected chi connectivity index (χ4v) is 2.87. The van der Waals surface area contributed by atoms with E-state index in [1.807, 2.05) is 0 Å². The molecule has 1 fully saturated rings. The first kappa shape index (κ1) is 15.5. The zero-order chi connectivity index (χ0) is 13.4. The summed E-state index contributed by atoms with van der Waals surface area (Å²) in [5, 5.41) is 0. The second-order valence-electron chi connectivity index (χ2n) is 6.46. The molecular weight excluding hydrogens is 216 g/mol. The molecule has 0 spiro atoms. The maximum Gasteiger partial charge on any atom is -0.0233 e. The van der Waals surface area contributed by atoms with Crippen LogP contribution in [-0.2, 0) is 0 Å². The summed E-state index contributed by atoms with van der Waals surface area (Å²) in [5.41, 5.74) is 0. The third kappa shape index (κ3) is 6.42. The van der Waals surface area contributed by atoms with Gasteiger partial charge in [0.15, 0.2) is 0 Å². The van der Waals surface area contributed by atoms with Gasteiger partial charge in [0.2, 0.25) is 0 Å². The third-order valence-corrected chi connectivity index (χ3v) is 4.37. The zero-order valence-electron chi connectivity index (χ0n) is 12.9. The Bertz CT molecular complexity index is 253. The molecule has 18 heavy (non-hydrogen) atoms. The molecule has 0 bridgehead atoms. The van der Waals surface area contributed by atoms with Crippen LogP contribution in [0.4, 0.5) is 0 Å². The van der Waals surface area contributed by atoms with Crippen molar-refractivity contribution in [2.45, 2.75) is 66.2 Å². The standard InChI is InChI=1S/C18H32/c1-5-6-15(2)7-8-16(3)9-12-18-13-10-17(4)11-14-18/h5-6,9,12,15-18H,7-8,10-11,13-14H2,1-4H3/b6-5?,12-9+. The lowest BCUT2D eigenvalue weighted by Crippen LogP contribution is -2.10. The second-order valence-corrected chi connectivity index (χ2v) is 6.46. The van der Waals surface area contributed by atoms with Gasteiger partial charge in [0, 0.05) is 0 Å². The molecule has 1 aliphatic rings. The minimum Gasteiger partial charge on any atom is -0.0914 e. The normalized spacial score (nSPS) is 28.9. The van der Waals surface area contributed by atoms with Gasteiger partial charge in [0.05, 0.1) is 0 Å². The largest absolute Gasteiger partial charge is 0.0914 e. The highest BCUT2D eigenvalue weighted by atomic mass is 14.2. The number of allylic oxidation sites excluding steroid dienone is 4. The molecule has 2 atom stereocenters. The van der Waals surface area contributed by atoms with Gasteiger partial charge in [0.25, 0.3) is 0 Å². The van der Waals surface area contributed by atoms with E-state index in [0.29, 0.717) is 0 Å². The van der Waals surface area contributed by atoms with Crippen molar-refractivity contribution in [3.8, 4) is 0 Å². The Morgan fingerprint density at radius 3 is 2.06 bits per heavy atom. The summed E-state index contributed by atoms with van der Waals surface area (Å²) in [6.45, 7) is 9.19. The molecule has 0 nitrogen and oxygen atoms in total. The molecule has 0 heterocycles. The molecule has 1 aliphatic carbocycles. The lowest BCUT2D eigenvalue weighted by Gasteiger charge is -2.24. The molecule has 0 aromatic carbocycles. The van der Waals surface area contributed by atoms with Crippen molar-refractivity contribution in [2.24, 2.45) is 23.7 Å². The summed E-state index contributed by atoms with van der Waals surface area (Å²) in [6.07, 6.45) is 17.8. The highest BCUT2D eigenvalue weighted by Crippen LogP contribution is 2.29. The van der Waals surface area contributed by atoms with Crippen molar-refractivity contribution in [3.63, 3.8) is 0 Å². The second kappa shape index (κ2) is 8.56. The quantitative estimate of drug-likeness (QED) is 0.506. The van der Waals surface area contributed by atoms with Crippen LogP contribution < -0.4 is 0 Å². The zero-order valence-corrected chi connectivity index (χ0v) is 12.9. The molecule has 104 valence electrons. The van der Waals surface area contributed by atoms with E-state index in [1.54, 1.807) is 0 Å². The average Bonchev–Trinajstić information content (AvgIpc) is 2.36. The van der Waals surface area contributed by atoms with Gasteiger partial charge < -0.3 is 0 Å². The van der Waals surface area contributed by atoms with Crippen molar-refractivity contribution < 1.29 is 0 Å². The Morgan fingerprint density at radius 2 is 1.50 bits per heavy atom. The Balaban J connectivity index is 2.20. The van der Waals surface area contributed by atoms with Crippen LogP contribution in [-0.4, -0.2) is 0 Å². The molecule has 0 N–H and O–H groups in total.